The van der Waals surface area contributed by atoms with Gasteiger partial charge in [0.25, 0.3) is 0 Å². The van der Waals surface area contributed by atoms with Gasteiger partial charge in [0.2, 0.25) is 5.91 Å². The van der Waals surface area contributed by atoms with Crippen LogP contribution in [0, 0.1) is 23.7 Å². The Bertz CT molecular complexity index is 911. The molecule has 0 unspecified atom stereocenters. The lowest BCUT2D eigenvalue weighted by Crippen LogP contribution is -2.35. The van der Waals surface area contributed by atoms with E-state index in [0.717, 1.165) is 12.8 Å². The molecule has 2 aromatic carbocycles. The zero-order valence-electron chi connectivity index (χ0n) is 14.4. The SMILES string of the molecule is O=C(Nc1ccc(Oc2ccccc2Cl)cc1)[C@H]1[C@@H]2C[C@@H]3[C@@H]1C(=O)O[C@@H]3C2. The van der Waals surface area contributed by atoms with Crippen molar-refractivity contribution in [2.24, 2.45) is 23.7 Å². The molecular weight excluding hydrogens is 366 g/mol. The lowest BCUT2D eigenvalue weighted by atomic mass is 9.79. The zero-order valence-corrected chi connectivity index (χ0v) is 15.2. The highest BCUT2D eigenvalue weighted by Gasteiger charge is 2.63. The van der Waals surface area contributed by atoms with Gasteiger partial charge in [0.1, 0.15) is 17.6 Å². The molecule has 0 spiro atoms. The Morgan fingerprint density at radius 2 is 1.89 bits per heavy atom. The second-order valence-corrected chi connectivity index (χ2v) is 7.88. The Balaban J connectivity index is 1.27. The molecule has 1 saturated heterocycles. The first-order chi connectivity index (χ1) is 13.1. The number of nitrogens with one attached hydrogen (secondary N) is 1. The van der Waals surface area contributed by atoms with Gasteiger partial charge in [0, 0.05) is 11.6 Å². The molecule has 27 heavy (non-hydrogen) atoms. The Hall–Kier alpha value is -2.53. The van der Waals surface area contributed by atoms with Crippen LogP contribution in [0.1, 0.15) is 12.8 Å². The maximum Gasteiger partial charge on any atom is 0.310 e. The van der Waals surface area contributed by atoms with Crippen molar-refractivity contribution in [1.82, 2.24) is 0 Å². The highest BCUT2D eigenvalue weighted by molar-refractivity contribution is 6.32. The standard InChI is InChI=1S/C21H18ClNO4/c22-15-3-1-2-4-16(15)26-13-7-5-12(6-8-13)23-20(24)18-11-9-14-17(10-11)27-21(25)19(14)18/h1-8,11,14,17-19H,9-10H2,(H,23,24)/t11-,14+,17-,18+,19+/m1/s1. The highest BCUT2D eigenvalue weighted by Crippen LogP contribution is 2.57. The molecule has 1 aliphatic heterocycles. The van der Waals surface area contributed by atoms with Crippen LogP contribution in [0.4, 0.5) is 5.69 Å². The van der Waals surface area contributed by atoms with Crippen molar-refractivity contribution < 1.29 is 19.1 Å². The van der Waals surface area contributed by atoms with Crippen LogP contribution in [-0.4, -0.2) is 18.0 Å². The van der Waals surface area contributed by atoms with E-state index in [1.165, 1.54) is 0 Å². The highest BCUT2D eigenvalue weighted by atomic mass is 35.5. The molecule has 6 heteroatoms. The second kappa shape index (κ2) is 6.27. The van der Waals surface area contributed by atoms with Crippen molar-refractivity contribution >= 4 is 29.2 Å². The lowest BCUT2D eigenvalue weighted by molar-refractivity contribution is -0.145. The Morgan fingerprint density at radius 3 is 2.67 bits per heavy atom. The first-order valence-corrected chi connectivity index (χ1v) is 9.52. The van der Waals surface area contributed by atoms with E-state index in [9.17, 15) is 9.59 Å². The number of amides is 1. The summed E-state index contributed by atoms with van der Waals surface area (Å²) in [5.41, 5.74) is 0.678. The molecular formula is C21H18ClNO4. The van der Waals surface area contributed by atoms with Gasteiger partial charge < -0.3 is 14.8 Å². The van der Waals surface area contributed by atoms with Crippen molar-refractivity contribution in [3.05, 3.63) is 53.6 Å². The third-order valence-electron chi connectivity index (χ3n) is 5.97. The molecule has 1 N–H and O–H groups in total. The number of benzene rings is 2. The van der Waals surface area contributed by atoms with Crippen LogP contribution in [-0.2, 0) is 14.3 Å². The molecule has 2 saturated carbocycles. The van der Waals surface area contributed by atoms with E-state index in [4.69, 9.17) is 21.1 Å². The first-order valence-electron chi connectivity index (χ1n) is 9.14. The number of rotatable bonds is 4. The first kappa shape index (κ1) is 16.6. The van der Waals surface area contributed by atoms with Gasteiger partial charge in [-0.2, -0.15) is 0 Å². The topological polar surface area (TPSA) is 64.6 Å². The smallest absolute Gasteiger partial charge is 0.310 e. The molecule has 0 radical (unpaired) electrons. The maximum atomic E-state index is 12.8. The van der Waals surface area contributed by atoms with Crippen LogP contribution in [0.2, 0.25) is 5.02 Å². The van der Waals surface area contributed by atoms with E-state index in [0.29, 0.717) is 22.2 Å². The molecule has 2 aromatic rings. The van der Waals surface area contributed by atoms with Gasteiger partial charge in [-0.25, -0.2) is 0 Å². The molecule has 2 bridgehead atoms. The van der Waals surface area contributed by atoms with Gasteiger partial charge >= 0.3 is 5.97 Å². The zero-order chi connectivity index (χ0) is 18.5. The van der Waals surface area contributed by atoms with Crippen LogP contribution in [0.15, 0.2) is 48.5 Å². The fourth-order valence-corrected chi connectivity index (χ4v) is 5.02. The molecule has 3 fully saturated rings. The summed E-state index contributed by atoms with van der Waals surface area (Å²) < 4.78 is 11.2. The summed E-state index contributed by atoms with van der Waals surface area (Å²) in [4.78, 5) is 24.9. The molecule has 2 aliphatic carbocycles. The molecule has 5 nitrogen and oxygen atoms in total. The van der Waals surface area contributed by atoms with Gasteiger partial charge in [-0.3, -0.25) is 9.59 Å². The average Bonchev–Trinajstić information content (AvgIpc) is 3.27. The number of para-hydroxylation sites is 1. The third-order valence-corrected chi connectivity index (χ3v) is 6.28. The summed E-state index contributed by atoms with van der Waals surface area (Å²) in [6, 6.07) is 14.4. The minimum absolute atomic E-state index is 0.0396. The number of carbonyl (C=O) groups excluding carboxylic acids is 2. The normalized spacial score (nSPS) is 30.3. The fraction of sp³-hybridized carbons (Fsp3) is 0.333. The Labute approximate surface area is 161 Å². The van der Waals surface area contributed by atoms with Crippen LogP contribution in [0.25, 0.3) is 0 Å². The van der Waals surface area contributed by atoms with Crippen molar-refractivity contribution in [2.75, 3.05) is 5.32 Å². The van der Waals surface area contributed by atoms with E-state index in [-0.39, 0.29) is 41.7 Å². The monoisotopic (exact) mass is 383 g/mol. The van der Waals surface area contributed by atoms with Crippen molar-refractivity contribution in [3.63, 3.8) is 0 Å². The van der Waals surface area contributed by atoms with Crippen LogP contribution >= 0.6 is 11.6 Å². The minimum atomic E-state index is -0.277. The van der Waals surface area contributed by atoms with Gasteiger partial charge in [0.05, 0.1) is 16.9 Å². The molecule has 3 aliphatic rings. The van der Waals surface area contributed by atoms with E-state index in [2.05, 4.69) is 5.32 Å². The Morgan fingerprint density at radius 1 is 1.11 bits per heavy atom. The van der Waals surface area contributed by atoms with Crippen molar-refractivity contribution in [3.8, 4) is 11.5 Å². The molecule has 5 atom stereocenters. The molecule has 0 aromatic heterocycles. The number of ether oxygens (including phenoxy) is 2. The van der Waals surface area contributed by atoms with Gasteiger partial charge in [-0.15, -0.1) is 0 Å². The summed E-state index contributed by atoms with van der Waals surface area (Å²) in [7, 11) is 0. The number of esters is 1. The van der Waals surface area contributed by atoms with Gasteiger partial charge in [-0.1, -0.05) is 23.7 Å². The fourth-order valence-electron chi connectivity index (χ4n) is 4.85. The maximum absolute atomic E-state index is 12.8. The van der Waals surface area contributed by atoms with Crippen LogP contribution < -0.4 is 10.1 Å². The number of hydrogen-bond acceptors (Lipinski definition) is 4. The molecule has 138 valence electrons. The molecule has 1 amide bonds. The summed E-state index contributed by atoms with van der Waals surface area (Å²) in [5.74, 6) is 0.842. The number of hydrogen-bond donors (Lipinski definition) is 1. The number of fused-ring (bicyclic) bond motifs is 1. The summed E-state index contributed by atoms with van der Waals surface area (Å²) in [6.07, 6.45) is 1.78. The van der Waals surface area contributed by atoms with Crippen LogP contribution in [0.5, 0.6) is 11.5 Å². The van der Waals surface area contributed by atoms with E-state index >= 15 is 0 Å². The molecule has 1 heterocycles. The van der Waals surface area contributed by atoms with Crippen molar-refractivity contribution in [2.45, 2.75) is 18.9 Å². The summed E-state index contributed by atoms with van der Waals surface area (Å²) >= 11 is 6.10. The average molecular weight is 384 g/mol. The number of halogens is 1. The van der Waals surface area contributed by atoms with Gasteiger partial charge in [-0.05, 0) is 55.2 Å². The van der Waals surface area contributed by atoms with E-state index in [1.807, 2.05) is 12.1 Å². The summed E-state index contributed by atoms with van der Waals surface area (Å²) in [6.45, 7) is 0. The summed E-state index contributed by atoms with van der Waals surface area (Å²) in [5, 5.41) is 3.48. The molecule has 5 rings (SSSR count). The predicted octanol–water partition coefficient (Wildman–Crippen LogP) is 4.27. The third kappa shape index (κ3) is 2.77. The van der Waals surface area contributed by atoms with E-state index < -0.39 is 0 Å². The largest absolute Gasteiger partial charge is 0.462 e. The number of anilines is 1. The Kier molecular flexibility index (Phi) is 3.86. The predicted molar refractivity (Wildman–Crippen MR) is 99.7 cm³/mol. The minimum Gasteiger partial charge on any atom is -0.462 e. The number of carbonyl (C=O) groups is 2. The van der Waals surface area contributed by atoms with Crippen LogP contribution in [0.3, 0.4) is 0 Å². The van der Waals surface area contributed by atoms with E-state index in [1.54, 1.807) is 36.4 Å². The van der Waals surface area contributed by atoms with Crippen molar-refractivity contribution in [1.29, 1.82) is 0 Å². The van der Waals surface area contributed by atoms with Gasteiger partial charge in [0.15, 0.2) is 0 Å². The quantitative estimate of drug-likeness (QED) is 0.801. The second-order valence-electron chi connectivity index (χ2n) is 7.47. The lowest BCUT2D eigenvalue weighted by Gasteiger charge is -2.23.